The number of aliphatic carboxylic acids is 1. The van der Waals surface area contributed by atoms with Gasteiger partial charge >= 0.3 is 5.97 Å². The van der Waals surface area contributed by atoms with Crippen LogP contribution < -0.4 is 10.5 Å². The SMILES string of the molecule is COc1c(C(N)C(=O)O)ccc(Br)c1O. The molecule has 0 aliphatic carbocycles. The minimum absolute atomic E-state index is 0.0688. The maximum Gasteiger partial charge on any atom is 0.325 e. The molecule has 0 bridgehead atoms. The molecule has 0 radical (unpaired) electrons. The van der Waals surface area contributed by atoms with Crippen molar-refractivity contribution in [3.63, 3.8) is 0 Å². The fraction of sp³-hybridized carbons (Fsp3) is 0.222. The van der Waals surface area contributed by atoms with E-state index in [1.807, 2.05) is 0 Å². The van der Waals surface area contributed by atoms with E-state index in [1.165, 1.54) is 19.2 Å². The number of ether oxygens (including phenoxy) is 1. The summed E-state index contributed by atoms with van der Waals surface area (Å²) in [7, 11) is 1.33. The summed E-state index contributed by atoms with van der Waals surface area (Å²) in [5, 5.41) is 18.3. The fourth-order valence-electron chi connectivity index (χ4n) is 1.16. The lowest BCUT2D eigenvalue weighted by molar-refractivity contribution is -0.138. The molecule has 0 aromatic heterocycles. The van der Waals surface area contributed by atoms with Gasteiger partial charge in [-0.15, -0.1) is 0 Å². The second-order valence-corrected chi connectivity index (χ2v) is 3.69. The molecule has 5 nitrogen and oxygen atoms in total. The molecule has 4 N–H and O–H groups in total. The van der Waals surface area contributed by atoms with Crippen LogP contribution in [0.4, 0.5) is 0 Å². The number of carboxylic acids is 1. The quantitative estimate of drug-likeness (QED) is 0.772. The average molecular weight is 276 g/mol. The monoisotopic (exact) mass is 275 g/mol. The van der Waals surface area contributed by atoms with Gasteiger partial charge in [0.15, 0.2) is 11.5 Å². The van der Waals surface area contributed by atoms with Crippen molar-refractivity contribution in [1.82, 2.24) is 0 Å². The van der Waals surface area contributed by atoms with Crippen LogP contribution in [-0.2, 0) is 4.79 Å². The number of aromatic hydroxyl groups is 1. The third-order valence-electron chi connectivity index (χ3n) is 1.92. The predicted octanol–water partition coefficient (Wildman–Crippen LogP) is 1.25. The Hall–Kier alpha value is -1.27. The molecular formula is C9H10BrNO4. The first kappa shape index (κ1) is 11.8. The molecule has 1 unspecified atom stereocenters. The Balaban J connectivity index is 3.30. The largest absolute Gasteiger partial charge is 0.503 e. The van der Waals surface area contributed by atoms with Gasteiger partial charge in [0.1, 0.15) is 6.04 Å². The third-order valence-corrected chi connectivity index (χ3v) is 2.56. The molecule has 0 fully saturated rings. The summed E-state index contributed by atoms with van der Waals surface area (Å²) in [6, 6.07) is 1.77. The summed E-state index contributed by atoms with van der Waals surface area (Å²) < 4.78 is 5.32. The minimum atomic E-state index is -1.22. The zero-order valence-electron chi connectivity index (χ0n) is 7.90. The molecule has 0 aliphatic rings. The third kappa shape index (κ3) is 2.21. The van der Waals surface area contributed by atoms with Gasteiger partial charge in [-0.1, -0.05) is 6.07 Å². The molecule has 15 heavy (non-hydrogen) atoms. The van der Waals surface area contributed by atoms with Gasteiger partial charge in [-0.2, -0.15) is 0 Å². The van der Waals surface area contributed by atoms with Crippen molar-refractivity contribution in [2.24, 2.45) is 5.73 Å². The average Bonchev–Trinajstić information content (AvgIpc) is 2.20. The first-order valence-corrected chi connectivity index (χ1v) is 4.82. The zero-order valence-corrected chi connectivity index (χ0v) is 9.48. The lowest BCUT2D eigenvalue weighted by Crippen LogP contribution is -2.21. The van der Waals surface area contributed by atoms with Crippen LogP contribution in [0.2, 0.25) is 0 Å². The van der Waals surface area contributed by atoms with Gasteiger partial charge in [-0.25, -0.2) is 0 Å². The number of carbonyl (C=O) groups is 1. The maximum absolute atomic E-state index is 10.7. The van der Waals surface area contributed by atoms with Crippen molar-refractivity contribution in [3.8, 4) is 11.5 Å². The van der Waals surface area contributed by atoms with E-state index in [4.69, 9.17) is 15.6 Å². The highest BCUT2D eigenvalue weighted by Crippen LogP contribution is 2.38. The van der Waals surface area contributed by atoms with E-state index in [2.05, 4.69) is 15.9 Å². The van der Waals surface area contributed by atoms with Crippen LogP contribution in [0.5, 0.6) is 11.5 Å². The molecule has 6 heteroatoms. The summed E-state index contributed by atoms with van der Waals surface area (Å²) >= 11 is 3.09. The standard InChI is InChI=1S/C9H10BrNO4/c1-15-8-4(6(11)9(13)14)2-3-5(10)7(8)12/h2-3,6,12H,11H2,1H3,(H,13,14). The zero-order chi connectivity index (χ0) is 11.6. The van der Waals surface area contributed by atoms with Gasteiger partial charge in [0.25, 0.3) is 0 Å². The number of phenols is 1. The summed E-state index contributed by atoms with van der Waals surface area (Å²) in [6.07, 6.45) is 0. The molecular weight excluding hydrogens is 266 g/mol. The summed E-state index contributed by atoms with van der Waals surface area (Å²) in [6.45, 7) is 0. The number of carboxylic acid groups (broad SMARTS) is 1. The number of nitrogens with two attached hydrogens (primary N) is 1. The molecule has 0 saturated carbocycles. The highest BCUT2D eigenvalue weighted by atomic mass is 79.9. The Labute approximate surface area is 94.6 Å². The molecule has 0 aliphatic heterocycles. The van der Waals surface area contributed by atoms with Crippen LogP contribution in [-0.4, -0.2) is 23.3 Å². The Morgan fingerprint density at radius 2 is 2.20 bits per heavy atom. The van der Waals surface area contributed by atoms with E-state index in [-0.39, 0.29) is 17.1 Å². The topological polar surface area (TPSA) is 92.8 Å². The van der Waals surface area contributed by atoms with Crippen molar-refractivity contribution in [1.29, 1.82) is 0 Å². The summed E-state index contributed by atoms with van der Waals surface area (Å²) in [4.78, 5) is 10.7. The van der Waals surface area contributed by atoms with E-state index in [9.17, 15) is 9.90 Å². The molecule has 0 spiro atoms. The Bertz CT molecular complexity index is 394. The first-order chi connectivity index (χ1) is 6.99. The van der Waals surface area contributed by atoms with E-state index < -0.39 is 12.0 Å². The van der Waals surface area contributed by atoms with Crippen LogP contribution in [0.1, 0.15) is 11.6 Å². The van der Waals surface area contributed by atoms with Crippen molar-refractivity contribution >= 4 is 21.9 Å². The van der Waals surface area contributed by atoms with Crippen LogP contribution in [0.15, 0.2) is 16.6 Å². The van der Waals surface area contributed by atoms with Gasteiger partial charge < -0.3 is 20.7 Å². The molecule has 82 valence electrons. The second kappa shape index (κ2) is 4.50. The second-order valence-electron chi connectivity index (χ2n) is 2.83. The van der Waals surface area contributed by atoms with Gasteiger partial charge in [0, 0.05) is 5.56 Å². The van der Waals surface area contributed by atoms with E-state index in [0.717, 1.165) is 0 Å². The van der Waals surface area contributed by atoms with Gasteiger partial charge in [0.2, 0.25) is 0 Å². The van der Waals surface area contributed by atoms with Crippen molar-refractivity contribution in [3.05, 3.63) is 22.2 Å². The van der Waals surface area contributed by atoms with Crippen LogP contribution in [0.25, 0.3) is 0 Å². The number of halogens is 1. The Morgan fingerprint density at radius 3 is 2.67 bits per heavy atom. The van der Waals surface area contributed by atoms with E-state index >= 15 is 0 Å². The van der Waals surface area contributed by atoms with Crippen LogP contribution >= 0.6 is 15.9 Å². The highest BCUT2D eigenvalue weighted by molar-refractivity contribution is 9.10. The Kier molecular flexibility index (Phi) is 3.54. The van der Waals surface area contributed by atoms with E-state index in [1.54, 1.807) is 0 Å². The molecule has 1 aromatic carbocycles. The number of methoxy groups -OCH3 is 1. The van der Waals surface area contributed by atoms with Crippen molar-refractivity contribution in [2.75, 3.05) is 7.11 Å². The minimum Gasteiger partial charge on any atom is -0.503 e. The van der Waals surface area contributed by atoms with Crippen LogP contribution in [0.3, 0.4) is 0 Å². The number of benzene rings is 1. The summed E-state index contributed by atoms with van der Waals surface area (Å²) in [5.74, 6) is -1.28. The normalized spacial score (nSPS) is 12.2. The lowest BCUT2D eigenvalue weighted by atomic mass is 10.1. The van der Waals surface area contributed by atoms with Crippen molar-refractivity contribution in [2.45, 2.75) is 6.04 Å². The molecule has 0 amide bonds. The smallest absolute Gasteiger partial charge is 0.325 e. The van der Waals surface area contributed by atoms with Gasteiger partial charge in [0.05, 0.1) is 11.6 Å². The summed E-state index contributed by atoms with van der Waals surface area (Å²) in [5.41, 5.74) is 5.65. The molecule has 1 atom stereocenters. The predicted molar refractivity (Wildman–Crippen MR) is 56.9 cm³/mol. The number of phenolic OH excluding ortho intramolecular Hbond substituents is 1. The first-order valence-electron chi connectivity index (χ1n) is 4.02. The lowest BCUT2D eigenvalue weighted by Gasteiger charge is -2.14. The molecule has 1 rings (SSSR count). The molecule has 0 saturated heterocycles. The fourth-order valence-corrected chi connectivity index (χ4v) is 1.47. The van der Waals surface area contributed by atoms with Crippen LogP contribution in [0, 0.1) is 0 Å². The van der Waals surface area contributed by atoms with Gasteiger partial charge in [-0.3, -0.25) is 4.79 Å². The van der Waals surface area contributed by atoms with Crippen molar-refractivity contribution < 1.29 is 19.7 Å². The van der Waals surface area contributed by atoms with Gasteiger partial charge in [-0.05, 0) is 22.0 Å². The number of hydrogen-bond acceptors (Lipinski definition) is 4. The van der Waals surface area contributed by atoms with E-state index in [0.29, 0.717) is 4.47 Å². The molecule has 0 heterocycles. The number of rotatable bonds is 3. The highest BCUT2D eigenvalue weighted by Gasteiger charge is 2.22. The number of hydrogen-bond donors (Lipinski definition) is 3. The maximum atomic E-state index is 10.7. The molecule has 1 aromatic rings. The Morgan fingerprint density at radius 1 is 1.60 bits per heavy atom.